The molecule has 0 saturated heterocycles. The van der Waals surface area contributed by atoms with Crippen molar-refractivity contribution in [2.75, 3.05) is 11.4 Å². The number of hydrogen-bond donors (Lipinski definition) is 0. The Balaban J connectivity index is 1.64. The van der Waals surface area contributed by atoms with E-state index in [1.165, 1.54) is 24.3 Å². The van der Waals surface area contributed by atoms with Crippen LogP contribution in [0.5, 0.6) is 0 Å². The molecule has 1 amide bonds. The highest BCUT2D eigenvalue weighted by Crippen LogP contribution is 2.33. The van der Waals surface area contributed by atoms with Crippen molar-refractivity contribution >= 4 is 11.6 Å². The first-order valence-electron chi connectivity index (χ1n) is 7.76. The first-order chi connectivity index (χ1) is 11.6. The lowest BCUT2D eigenvalue weighted by Gasteiger charge is -2.17. The fraction of sp³-hybridized carbons (Fsp3) is 0.158. The van der Waals surface area contributed by atoms with Crippen LogP contribution in [0.2, 0.25) is 0 Å². The Hall–Kier alpha value is -2.95. The number of aryl methyl sites for hydroxylation is 1. The number of carbonyl (C=O) groups is 1. The minimum absolute atomic E-state index is 0.114. The van der Waals surface area contributed by atoms with E-state index in [-0.39, 0.29) is 11.7 Å². The molecule has 0 fully saturated rings. The zero-order chi connectivity index (χ0) is 16.7. The second kappa shape index (κ2) is 5.60. The molecule has 0 unspecified atom stereocenters. The number of halogens is 1. The van der Waals surface area contributed by atoms with Gasteiger partial charge in [-0.1, -0.05) is 5.16 Å². The van der Waals surface area contributed by atoms with Crippen LogP contribution in [0.25, 0.3) is 11.3 Å². The van der Waals surface area contributed by atoms with Gasteiger partial charge in [0.2, 0.25) is 0 Å². The fourth-order valence-electron chi connectivity index (χ4n) is 3.01. The number of carbonyl (C=O) groups excluding carboxylic acids is 1. The van der Waals surface area contributed by atoms with Gasteiger partial charge in [0.05, 0.1) is 5.69 Å². The van der Waals surface area contributed by atoms with E-state index in [2.05, 4.69) is 5.16 Å². The highest BCUT2D eigenvalue weighted by molar-refractivity contribution is 6.07. The Kier molecular flexibility index (Phi) is 3.41. The number of amides is 1. The number of anilines is 1. The molecule has 0 atom stereocenters. The van der Waals surface area contributed by atoms with Crippen LogP contribution in [0.3, 0.4) is 0 Å². The molecule has 4 nitrogen and oxygen atoms in total. The molecular formula is C19H15FN2O2. The molecule has 5 heteroatoms. The Bertz CT molecular complexity index is 915. The van der Waals surface area contributed by atoms with Gasteiger partial charge < -0.3 is 9.42 Å². The van der Waals surface area contributed by atoms with Gasteiger partial charge in [0.15, 0.2) is 5.76 Å². The van der Waals surface area contributed by atoms with Gasteiger partial charge in [0, 0.05) is 29.4 Å². The highest BCUT2D eigenvalue weighted by atomic mass is 19.1. The highest BCUT2D eigenvalue weighted by Gasteiger charge is 2.26. The Morgan fingerprint density at radius 2 is 1.96 bits per heavy atom. The normalized spacial score (nSPS) is 13.2. The molecule has 0 aliphatic carbocycles. The third-order valence-corrected chi connectivity index (χ3v) is 4.22. The molecule has 0 spiro atoms. The predicted molar refractivity (Wildman–Crippen MR) is 88.5 cm³/mol. The zero-order valence-corrected chi connectivity index (χ0v) is 13.1. The summed E-state index contributed by atoms with van der Waals surface area (Å²) in [5.74, 6) is 0.260. The summed E-state index contributed by atoms with van der Waals surface area (Å²) < 4.78 is 18.3. The van der Waals surface area contributed by atoms with Gasteiger partial charge in [-0.2, -0.15) is 0 Å². The van der Waals surface area contributed by atoms with Crippen molar-refractivity contribution in [3.63, 3.8) is 0 Å². The van der Waals surface area contributed by atoms with Gasteiger partial charge in [-0.25, -0.2) is 4.39 Å². The molecule has 1 aliphatic rings. The molecule has 0 bridgehead atoms. The molecule has 2 heterocycles. The summed E-state index contributed by atoms with van der Waals surface area (Å²) in [6, 6.07) is 13.4. The Morgan fingerprint density at radius 1 is 1.17 bits per heavy atom. The van der Waals surface area contributed by atoms with Crippen LogP contribution in [0.15, 0.2) is 53.1 Å². The van der Waals surface area contributed by atoms with Gasteiger partial charge in [0.1, 0.15) is 5.82 Å². The van der Waals surface area contributed by atoms with Crippen LogP contribution in [-0.4, -0.2) is 17.6 Å². The van der Waals surface area contributed by atoms with Crippen molar-refractivity contribution in [3.05, 3.63) is 71.2 Å². The third kappa shape index (κ3) is 2.48. The molecule has 3 aromatic rings. The van der Waals surface area contributed by atoms with Gasteiger partial charge in [-0.3, -0.25) is 4.79 Å². The number of rotatable bonds is 2. The van der Waals surface area contributed by atoms with Crippen LogP contribution in [0, 0.1) is 12.7 Å². The summed E-state index contributed by atoms with van der Waals surface area (Å²) in [5, 5.41) is 3.91. The molecule has 1 aliphatic heterocycles. The second-order valence-electron chi connectivity index (χ2n) is 5.89. The minimum atomic E-state index is -0.347. The maximum absolute atomic E-state index is 13.0. The molecule has 4 rings (SSSR count). The molecule has 2 aromatic carbocycles. The Labute approximate surface area is 138 Å². The Morgan fingerprint density at radius 3 is 2.67 bits per heavy atom. The maximum Gasteiger partial charge on any atom is 0.258 e. The van der Waals surface area contributed by atoms with Crippen LogP contribution in [-0.2, 0) is 6.42 Å². The smallest absolute Gasteiger partial charge is 0.258 e. The van der Waals surface area contributed by atoms with E-state index in [0.717, 1.165) is 34.7 Å². The number of benzene rings is 2. The van der Waals surface area contributed by atoms with E-state index in [1.54, 1.807) is 4.90 Å². The number of nitrogens with zero attached hydrogens (tertiary/aromatic N) is 2. The predicted octanol–water partition coefficient (Wildman–Crippen LogP) is 3.99. The summed E-state index contributed by atoms with van der Waals surface area (Å²) >= 11 is 0. The number of hydrogen-bond acceptors (Lipinski definition) is 3. The average molecular weight is 322 g/mol. The fourth-order valence-corrected chi connectivity index (χ4v) is 3.01. The SMILES string of the molecule is Cc1cc(-c2ccc3c(c2)CCN3C(=O)c2ccc(F)cc2)on1. The van der Waals surface area contributed by atoms with Gasteiger partial charge >= 0.3 is 0 Å². The van der Waals surface area contributed by atoms with E-state index in [0.29, 0.717) is 12.1 Å². The van der Waals surface area contributed by atoms with Crippen molar-refractivity contribution in [1.29, 1.82) is 0 Å². The zero-order valence-electron chi connectivity index (χ0n) is 13.1. The third-order valence-electron chi connectivity index (χ3n) is 4.22. The van der Waals surface area contributed by atoms with Gasteiger partial charge in [0.25, 0.3) is 5.91 Å². The van der Waals surface area contributed by atoms with E-state index < -0.39 is 0 Å². The monoisotopic (exact) mass is 322 g/mol. The summed E-state index contributed by atoms with van der Waals surface area (Å²) in [7, 11) is 0. The lowest BCUT2D eigenvalue weighted by Crippen LogP contribution is -2.28. The van der Waals surface area contributed by atoms with Crippen molar-refractivity contribution in [2.24, 2.45) is 0 Å². The van der Waals surface area contributed by atoms with Crippen LogP contribution >= 0.6 is 0 Å². The maximum atomic E-state index is 13.0. The summed E-state index contributed by atoms with van der Waals surface area (Å²) in [6.45, 7) is 2.49. The van der Waals surface area contributed by atoms with E-state index in [4.69, 9.17) is 4.52 Å². The van der Waals surface area contributed by atoms with E-state index >= 15 is 0 Å². The first-order valence-corrected chi connectivity index (χ1v) is 7.76. The summed E-state index contributed by atoms with van der Waals surface area (Å²) in [6.07, 6.45) is 0.781. The van der Waals surface area contributed by atoms with Gasteiger partial charge in [-0.05, 0) is 61.4 Å². The molecule has 0 saturated carbocycles. The lowest BCUT2D eigenvalue weighted by atomic mass is 10.1. The minimum Gasteiger partial charge on any atom is -0.356 e. The van der Waals surface area contributed by atoms with Crippen molar-refractivity contribution in [2.45, 2.75) is 13.3 Å². The average Bonchev–Trinajstić information content (AvgIpc) is 3.20. The van der Waals surface area contributed by atoms with Crippen LogP contribution < -0.4 is 4.90 Å². The molecule has 120 valence electrons. The van der Waals surface area contributed by atoms with E-state index in [1.807, 2.05) is 31.2 Å². The lowest BCUT2D eigenvalue weighted by molar-refractivity contribution is 0.0989. The van der Waals surface area contributed by atoms with Crippen molar-refractivity contribution in [3.8, 4) is 11.3 Å². The second-order valence-corrected chi connectivity index (χ2v) is 5.89. The molecule has 24 heavy (non-hydrogen) atoms. The van der Waals surface area contributed by atoms with Crippen molar-refractivity contribution in [1.82, 2.24) is 5.16 Å². The first kappa shape index (κ1) is 14.6. The van der Waals surface area contributed by atoms with Crippen molar-refractivity contribution < 1.29 is 13.7 Å². The quantitative estimate of drug-likeness (QED) is 0.716. The van der Waals surface area contributed by atoms with Gasteiger partial charge in [-0.15, -0.1) is 0 Å². The molecule has 0 N–H and O–H groups in total. The summed E-state index contributed by atoms with van der Waals surface area (Å²) in [5.41, 5.74) is 4.25. The largest absolute Gasteiger partial charge is 0.356 e. The van der Waals surface area contributed by atoms with Crippen LogP contribution in [0.4, 0.5) is 10.1 Å². The standard InChI is InChI=1S/C19H15FN2O2/c1-12-10-18(24-21-12)15-4-7-17-14(11-15)8-9-22(17)19(23)13-2-5-16(20)6-3-13/h2-7,10-11H,8-9H2,1H3. The summed E-state index contributed by atoms with van der Waals surface area (Å²) in [4.78, 5) is 14.4. The molecule has 0 radical (unpaired) electrons. The topological polar surface area (TPSA) is 46.3 Å². The number of aromatic nitrogens is 1. The number of fused-ring (bicyclic) bond motifs is 1. The van der Waals surface area contributed by atoms with E-state index in [9.17, 15) is 9.18 Å². The molecular weight excluding hydrogens is 307 g/mol. The molecule has 1 aromatic heterocycles. The van der Waals surface area contributed by atoms with Crippen LogP contribution in [0.1, 0.15) is 21.6 Å².